The molecule has 30 heavy (non-hydrogen) atoms. The summed E-state index contributed by atoms with van der Waals surface area (Å²) in [7, 11) is 0. The van der Waals surface area contributed by atoms with E-state index in [1.807, 2.05) is 0 Å². The highest BCUT2D eigenvalue weighted by atomic mass is 16.6. The van der Waals surface area contributed by atoms with Gasteiger partial charge in [-0.15, -0.1) is 0 Å². The maximum atomic E-state index is 11.6. The first-order valence-corrected chi connectivity index (χ1v) is 9.44. The van der Waals surface area contributed by atoms with E-state index >= 15 is 0 Å². The minimum Gasteiger partial charge on any atom is -0.463 e. The second kappa shape index (κ2) is 15.2. The maximum absolute atomic E-state index is 11.6. The zero-order valence-corrected chi connectivity index (χ0v) is 17.3. The molecular weight excluding hydrogens is 400 g/mol. The molecule has 4 atom stereocenters. The van der Waals surface area contributed by atoms with Crippen LogP contribution in [-0.2, 0) is 38.1 Å². The molecule has 10 nitrogen and oxygen atoms in total. The Hall–Kier alpha value is -2.72. The first kappa shape index (κ1) is 27.3. The van der Waals surface area contributed by atoms with Gasteiger partial charge in [0.1, 0.15) is 37.6 Å². The first-order chi connectivity index (χ1) is 14.1. The van der Waals surface area contributed by atoms with Crippen LogP contribution in [0.2, 0.25) is 0 Å². The lowest BCUT2D eigenvalue weighted by atomic mass is 10.2. The zero-order valence-electron chi connectivity index (χ0n) is 17.3. The summed E-state index contributed by atoms with van der Waals surface area (Å²) in [6.45, 7) is 8.70. The molecule has 0 aliphatic carbocycles. The Morgan fingerprint density at radius 3 is 1.40 bits per heavy atom. The van der Waals surface area contributed by atoms with Crippen LogP contribution in [0.1, 0.15) is 39.5 Å². The highest BCUT2D eigenvalue weighted by Crippen LogP contribution is 2.07. The van der Waals surface area contributed by atoms with E-state index in [0.29, 0.717) is 12.8 Å². The zero-order chi connectivity index (χ0) is 23.1. The molecule has 170 valence electrons. The second-order valence-electron chi connectivity index (χ2n) is 6.40. The fraction of sp³-hybridized carbons (Fsp3) is 0.600. The van der Waals surface area contributed by atoms with Crippen LogP contribution in [-0.4, -0.2) is 71.7 Å². The van der Waals surface area contributed by atoms with Gasteiger partial charge in [-0.3, -0.25) is 9.59 Å². The van der Waals surface area contributed by atoms with Crippen LogP contribution in [0, 0.1) is 0 Å². The van der Waals surface area contributed by atoms with Gasteiger partial charge in [0.2, 0.25) is 0 Å². The summed E-state index contributed by atoms with van der Waals surface area (Å²) < 4.78 is 19.4. The number of unbranched alkanes of at least 4 members (excludes halogenated alkanes) is 1. The van der Waals surface area contributed by atoms with E-state index in [1.54, 1.807) is 0 Å². The summed E-state index contributed by atoms with van der Waals surface area (Å²) >= 11 is 0. The SMILES string of the molecule is C=CC(=O)OC(C)C(O)COC(=O)CCCCC(=O)OCC(O)C(C)OC(=O)C=C. The predicted molar refractivity (Wildman–Crippen MR) is 104 cm³/mol. The average Bonchev–Trinajstić information content (AvgIpc) is 2.72. The Bertz CT molecular complexity index is 548. The van der Waals surface area contributed by atoms with E-state index in [0.717, 1.165) is 12.2 Å². The third-order valence-corrected chi connectivity index (χ3v) is 3.86. The van der Waals surface area contributed by atoms with E-state index in [9.17, 15) is 29.4 Å². The van der Waals surface area contributed by atoms with Crippen LogP contribution in [0.15, 0.2) is 25.3 Å². The van der Waals surface area contributed by atoms with Crippen molar-refractivity contribution in [3.05, 3.63) is 25.3 Å². The van der Waals surface area contributed by atoms with Crippen LogP contribution >= 0.6 is 0 Å². The van der Waals surface area contributed by atoms with Crippen LogP contribution in [0.25, 0.3) is 0 Å². The number of hydrogen-bond donors (Lipinski definition) is 2. The van der Waals surface area contributed by atoms with Crippen LogP contribution in [0.4, 0.5) is 0 Å². The van der Waals surface area contributed by atoms with E-state index < -0.39 is 48.3 Å². The standard InChI is InChI=1S/C20H30O10/c1-5-17(23)29-13(3)15(21)11-27-19(25)9-7-8-10-20(26)28-12-16(22)14(4)30-18(24)6-2/h5-6,13-16,21-22H,1-2,7-12H2,3-4H3. The topological polar surface area (TPSA) is 146 Å². The Kier molecular flexibility index (Phi) is 13.8. The highest BCUT2D eigenvalue weighted by Gasteiger charge is 2.20. The number of carbonyl (C=O) groups excluding carboxylic acids is 4. The van der Waals surface area contributed by atoms with E-state index in [1.165, 1.54) is 13.8 Å². The van der Waals surface area contributed by atoms with Gasteiger partial charge in [-0.1, -0.05) is 13.2 Å². The van der Waals surface area contributed by atoms with Crippen LogP contribution in [0.5, 0.6) is 0 Å². The molecule has 0 heterocycles. The number of aliphatic hydroxyl groups is 2. The molecule has 2 N–H and O–H groups in total. The van der Waals surface area contributed by atoms with Crippen molar-refractivity contribution >= 4 is 23.9 Å². The van der Waals surface area contributed by atoms with Gasteiger partial charge in [0.15, 0.2) is 0 Å². The summed E-state index contributed by atoms with van der Waals surface area (Å²) in [6.07, 6.45) is -1.41. The number of hydrogen-bond acceptors (Lipinski definition) is 10. The normalized spacial score (nSPS) is 14.4. The molecule has 0 bridgehead atoms. The lowest BCUT2D eigenvalue weighted by Gasteiger charge is -2.18. The minimum atomic E-state index is -1.17. The summed E-state index contributed by atoms with van der Waals surface area (Å²) in [5, 5.41) is 19.5. The van der Waals surface area contributed by atoms with E-state index in [4.69, 9.17) is 18.9 Å². The highest BCUT2D eigenvalue weighted by molar-refractivity contribution is 5.81. The van der Waals surface area contributed by atoms with E-state index in [2.05, 4.69) is 13.2 Å². The van der Waals surface area contributed by atoms with Crippen molar-refractivity contribution in [3.8, 4) is 0 Å². The van der Waals surface area contributed by atoms with E-state index in [-0.39, 0.29) is 26.1 Å². The molecule has 0 fully saturated rings. The summed E-state index contributed by atoms with van der Waals surface area (Å²) in [5.74, 6) is -2.53. The molecule has 0 aromatic carbocycles. The minimum absolute atomic E-state index is 0.0258. The summed E-state index contributed by atoms with van der Waals surface area (Å²) in [5.41, 5.74) is 0. The van der Waals surface area contributed by atoms with Gasteiger partial charge < -0.3 is 29.2 Å². The monoisotopic (exact) mass is 430 g/mol. The number of rotatable bonds is 15. The molecule has 0 rings (SSSR count). The lowest BCUT2D eigenvalue weighted by Crippen LogP contribution is -2.33. The molecular formula is C20H30O10. The Morgan fingerprint density at radius 1 is 0.767 bits per heavy atom. The molecule has 0 aromatic heterocycles. The fourth-order valence-corrected chi connectivity index (χ4v) is 1.93. The van der Waals surface area contributed by atoms with Crippen molar-refractivity contribution in [2.75, 3.05) is 13.2 Å². The van der Waals surface area contributed by atoms with Crippen molar-refractivity contribution < 1.29 is 48.3 Å². The third-order valence-electron chi connectivity index (χ3n) is 3.86. The van der Waals surface area contributed by atoms with Crippen molar-refractivity contribution in [2.45, 2.75) is 63.9 Å². The van der Waals surface area contributed by atoms with Gasteiger partial charge in [0, 0.05) is 25.0 Å². The Morgan fingerprint density at radius 2 is 1.10 bits per heavy atom. The Labute approximate surface area is 175 Å². The molecule has 0 aromatic rings. The van der Waals surface area contributed by atoms with Crippen LogP contribution in [0.3, 0.4) is 0 Å². The van der Waals surface area contributed by atoms with Crippen molar-refractivity contribution in [1.29, 1.82) is 0 Å². The Balaban J connectivity index is 3.92. The quantitative estimate of drug-likeness (QED) is 0.164. The van der Waals surface area contributed by atoms with Crippen molar-refractivity contribution in [3.63, 3.8) is 0 Å². The number of aliphatic hydroxyl groups excluding tert-OH is 2. The molecule has 0 aliphatic heterocycles. The van der Waals surface area contributed by atoms with Gasteiger partial charge in [-0.05, 0) is 26.7 Å². The molecule has 0 saturated carbocycles. The predicted octanol–water partition coefficient (Wildman–Crippen LogP) is 0.590. The van der Waals surface area contributed by atoms with Gasteiger partial charge in [-0.25, -0.2) is 9.59 Å². The molecule has 0 radical (unpaired) electrons. The number of ether oxygens (including phenoxy) is 4. The number of esters is 4. The molecule has 10 heteroatoms. The third kappa shape index (κ3) is 12.7. The molecule has 0 aliphatic rings. The summed E-state index contributed by atoms with van der Waals surface area (Å²) in [6, 6.07) is 0. The van der Waals surface area contributed by atoms with Crippen LogP contribution < -0.4 is 0 Å². The fourth-order valence-electron chi connectivity index (χ4n) is 1.93. The molecule has 0 saturated heterocycles. The smallest absolute Gasteiger partial charge is 0.330 e. The van der Waals surface area contributed by atoms with Gasteiger partial charge in [0.25, 0.3) is 0 Å². The van der Waals surface area contributed by atoms with Crippen molar-refractivity contribution in [1.82, 2.24) is 0 Å². The maximum Gasteiger partial charge on any atom is 0.330 e. The van der Waals surface area contributed by atoms with Crippen molar-refractivity contribution in [2.24, 2.45) is 0 Å². The average molecular weight is 430 g/mol. The first-order valence-electron chi connectivity index (χ1n) is 9.44. The van der Waals surface area contributed by atoms with Gasteiger partial charge >= 0.3 is 23.9 Å². The molecule has 4 unspecified atom stereocenters. The molecule has 0 spiro atoms. The van der Waals surface area contributed by atoms with Gasteiger partial charge in [0.05, 0.1) is 0 Å². The summed E-state index contributed by atoms with van der Waals surface area (Å²) in [4.78, 5) is 45.3. The lowest BCUT2D eigenvalue weighted by molar-refractivity contribution is -0.158. The largest absolute Gasteiger partial charge is 0.463 e. The molecule has 0 amide bonds. The van der Waals surface area contributed by atoms with Gasteiger partial charge in [-0.2, -0.15) is 0 Å². The second-order valence-corrected chi connectivity index (χ2v) is 6.40. The number of carbonyl (C=O) groups is 4.